The van der Waals surface area contributed by atoms with Crippen LogP contribution in [0.1, 0.15) is 57.6 Å². The van der Waals surface area contributed by atoms with Gasteiger partial charge in [-0.3, -0.25) is 9.59 Å². The van der Waals surface area contributed by atoms with Crippen molar-refractivity contribution in [1.29, 1.82) is 0 Å². The maximum absolute atomic E-state index is 12.8. The largest absolute Gasteiger partial charge is 0.481 e. The molecule has 0 heterocycles. The highest BCUT2D eigenvalue weighted by atomic mass is 16.5. The van der Waals surface area contributed by atoms with Crippen molar-refractivity contribution < 1.29 is 24.2 Å². The minimum atomic E-state index is -0.912. The van der Waals surface area contributed by atoms with Crippen molar-refractivity contribution >= 4 is 18.0 Å². The quantitative estimate of drug-likeness (QED) is 0.503. The molecule has 0 aromatic heterocycles. The monoisotopic (exact) mass is 466 g/mol. The number of amides is 2. The molecular weight excluding hydrogens is 432 g/mol. The molecule has 0 fully saturated rings. The topological polar surface area (TPSA) is 105 Å². The number of alkyl carbamates (subject to hydrolysis) is 1. The van der Waals surface area contributed by atoms with E-state index in [0.717, 1.165) is 22.3 Å². The number of aliphatic carboxylic acids is 1. The molecule has 2 aromatic carbocycles. The Kier molecular flexibility index (Phi) is 7.97. The number of fused-ring (bicyclic) bond motifs is 3. The van der Waals surface area contributed by atoms with Crippen LogP contribution in [0.15, 0.2) is 48.5 Å². The molecule has 2 aromatic rings. The first-order valence-corrected chi connectivity index (χ1v) is 11.7. The first-order valence-electron chi connectivity index (χ1n) is 11.7. The summed E-state index contributed by atoms with van der Waals surface area (Å²) in [5.41, 5.74) is 4.31. The second kappa shape index (κ2) is 10.7. The predicted octanol–water partition coefficient (Wildman–Crippen LogP) is 4.56. The van der Waals surface area contributed by atoms with Gasteiger partial charge in [0.25, 0.3) is 0 Å². The van der Waals surface area contributed by atoms with Crippen LogP contribution < -0.4 is 10.6 Å². The Morgan fingerprint density at radius 1 is 1.00 bits per heavy atom. The summed E-state index contributed by atoms with van der Waals surface area (Å²) in [6.07, 6.45) is -0.273. The first kappa shape index (κ1) is 25.3. The Labute approximate surface area is 200 Å². The molecule has 0 radical (unpaired) electrons. The van der Waals surface area contributed by atoms with Gasteiger partial charge in [-0.2, -0.15) is 0 Å². The van der Waals surface area contributed by atoms with Crippen LogP contribution in [0.5, 0.6) is 0 Å². The molecule has 1 aliphatic carbocycles. The Balaban J connectivity index is 1.63. The zero-order valence-electron chi connectivity index (χ0n) is 20.3. The van der Waals surface area contributed by atoms with E-state index in [1.54, 1.807) is 6.92 Å². The molecule has 3 rings (SSSR count). The van der Waals surface area contributed by atoms with E-state index in [1.807, 2.05) is 45.0 Å². The van der Waals surface area contributed by atoms with Crippen molar-refractivity contribution in [3.63, 3.8) is 0 Å². The van der Waals surface area contributed by atoms with E-state index in [4.69, 9.17) is 9.84 Å². The van der Waals surface area contributed by atoms with Crippen molar-refractivity contribution in [2.75, 3.05) is 13.2 Å². The lowest BCUT2D eigenvalue weighted by atomic mass is 9.87. The lowest BCUT2D eigenvalue weighted by Crippen LogP contribution is -2.49. The molecule has 34 heavy (non-hydrogen) atoms. The lowest BCUT2D eigenvalue weighted by molar-refractivity contribution is -0.138. The fourth-order valence-electron chi connectivity index (χ4n) is 4.37. The van der Waals surface area contributed by atoms with Gasteiger partial charge in [-0.15, -0.1) is 0 Å². The fraction of sp³-hybridized carbons (Fsp3) is 0.444. The maximum Gasteiger partial charge on any atom is 0.407 e. The number of ether oxygens (including phenoxy) is 1. The van der Waals surface area contributed by atoms with Gasteiger partial charge in [0.1, 0.15) is 12.6 Å². The summed E-state index contributed by atoms with van der Waals surface area (Å²) < 4.78 is 5.61. The number of carbonyl (C=O) groups excluding carboxylic acids is 2. The summed E-state index contributed by atoms with van der Waals surface area (Å²) in [4.78, 5) is 36.4. The number of benzene rings is 2. The van der Waals surface area contributed by atoms with E-state index < -0.39 is 18.1 Å². The summed E-state index contributed by atoms with van der Waals surface area (Å²) in [6, 6.07) is 15.4. The number of hydrogen-bond donors (Lipinski definition) is 3. The Morgan fingerprint density at radius 2 is 1.56 bits per heavy atom. The molecule has 0 saturated heterocycles. The summed E-state index contributed by atoms with van der Waals surface area (Å²) in [7, 11) is 0. The minimum Gasteiger partial charge on any atom is -0.481 e. The molecule has 2 amide bonds. The molecule has 1 aliphatic rings. The van der Waals surface area contributed by atoms with Gasteiger partial charge in [0.05, 0.1) is 0 Å². The van der Waals surface area contributed by atoms with Crippen molar-refractivity contribution in [2.24, 2.45) is 11.3 Å². The van der Waals surface area contributed by atoms with Crippen LogP contribution in [0.4, 0.5) is 4.79 Å². The number of hydrogen-bond acceptors (Lipinski definition) is 4. The second-order valence-electron chi connectivity index (χ2n) is 10.2. The van der Waals surface area contributed by atoms with E-state index in [9.17, 15) is 14.4 Å². The van der Waals surface area contributed by atoms with Crippen LogP contribution >= 0.6 is 0 Å². The molecule has 0 aliphatic heterocycles. The predicted molar refractivity (Wildman–Crippen MR) is 130 cm³/mol. The van der Waals surface area contributed by atoms with Gasteiger partial charge in [0.2, 0.25) is 5.91 Å². The molecule has 0 saturated carbocycles. The Hall–Kier alpha value is -3.35. The minimum absolute atomic E-state index is 0.0377. The van der Waals surface area contributed by atoms with Gasteiger partial charge in [-0.25, -0.2) is 4.79 Å². The molecule has 7 heteroatoms. The molecule has 182 valence electrons. The van der Waals surface area contributed by atoms with Crippen LogP contribution in [0, 0.1) is 11.3 Å². The van der Waals surface area contributed by atoms with E-state index in [1.165, 1.54) is 0 Å². The zero-order valence-corrected chi connectivity index (χ0v) is 20.3. The number of rotatable bonds is 9. The fourth-order valence-corrected chi connectivity index (χ4v) is 4.37. The SMILES string of the molecule is CC(CNC(=O)C(CC(C)(C)C)NC(=O)OCC1c2ccccc2-c2ccccc21)CC(=O)O. The third-order valence-corrected chi connectivity index (χ3v) is 5.92. The van der Waals surface area contributed by atoms with Crippen molar-refractivity contribution in [1.82, 2.24) is 10.6 Å². The molecule has 3 N–H and O–H groups in total. The normalized spacial score (nSPS) is 14.5. The van der Waals surface area contributed by atoms with Gasteiger partial charge in [0.15, 0.2) is 0 Å². The van der Waals surface area contributed by atoms with Gasteiger partial charge in [-0.1, -0.05) is 76.2 Å². The molecule has 2 atom stereocenters. The number of nitrogens with one attached hydrogen (secondary N) is 2. The molecule has 0 bridgehead atoms. The summed E-state index contributed by atoms with van der Waals surface area (Å²) in [5, 5.41) is 14.4. The lowest BCUT2D eigenvalue weighted by Gasteiger charge is -2.26. The number of carboxylic acids is 1. The van der Waals surface area contributed by atoms with Crippen molar-refractivity contribution in [3.05, 3.63) is 59.7 Å². The van der Waals surface area contributed by atoms with Crippen molar-refractivity contribution in [3.8, 4) is 11.1 Å². The second-order valence-corrected chi connectivity index (χ2v) is 10.2. The van der Waals surface area contributed by atoms with Gasteiger partial charge >= 0.3 is 12.1 Å². The highest BCUT2D eigenvalue weighted by Crippen LogP contribution is 2.44. The van der Waals surface area contributed by atoms with Crippen LogP contribution in [0.3, 0.4) is 0 Å². The third-order valence-electron chi connectivity index (χ3n) is 5.92. The average Bonchev–Trinajstić information content (AvgIpc) is 3.08. The van der Waals surface area contributed by atoms with Crippen LogP contribution in [-0.4, -0.2) is 42.3 Å². The smallest absolute Gasteiger partial charge is 0.407 e. The standard InChI is InChI=1S/C27H34N2O5/c1-17(13-24(30)31)15-28-25(32)23(14-27(2,3)4)29-26(33)34-16-22-20-11-7-5-9-18(20)19-10-6-8-12-21(19)22/h5-12,17,22-23H,13-16H2,1-4H3,(H,28,32)(H,29,33)(H,30,31). The number of carboxylic acid groups (broad SMARTS) is 1. The molecule has 0 spiro atoms. The van der Waals surface area contributed by atoms with Gasteiger partial charge < -0.3 is 20.5 Å². The zero-order chi connectivity index (χ0) is 24.9. The summed E-state index contributed by atoms with van der Waals surface area (Å²) >= 11 is 0. The first-order chi connectivity index (χ1) is 16.0. The Bertz CT molecular complexity index is 998. The molecule has 2 unspecified atom stereocenters. The number of carbonyl (C=O) groups is 3. The van der Waals surface area contributed by atoms with E-state index in [0.29, 0.717) is 6.42 Å². The average molecular weight is 467 g/mol. The van der Waals surface area contributed by atoms with Gasteiger partial charge in [-0.05, 0) is 40.0 Å². The van der Waals surface area contributed by atoms with Crippen molar-refractivity contribution in [2.45, 2.75) is 52.5 Å². The third kappa shape index (κ3) is 6.59. The van der Waals surface area contributed by atoms with Crippen LogP contribution in [-0.2, 0) is 14.3 Å². The Morgan fingerprint density at radius 3 is 2.09 bits per heavy atom. The highest BCUT2D eigenvalue weighted by molar-refractivity contribution is 5.86. The summed E-state index contributed by atoms with van der Waals surface area (Å²) in [6.45, 7) is 8.10. The van der Waals surface area contributed by atoms with E-state index in [-0.39, 0.29) is 42.7 Å². The molecular formula is C27H34N2O5. The summed E-state index contributed by atoms with van der Waals surface area (Å²) in [5.74, 6) is -1.54. The highest BCUT2D eigenvalue weighted by Gasteiger charge is 2.31. The van der Waals surface area contributed by atoms with Crippen LogP contribution in [0.2, 0.25) is 0 Å². The van der Waals surface area contributed by atoms with Gasteiger partial charge in [0, 0.05) is 18.9 Å². The van der Waals surface area contributed by atoms with Crippen LogP contribution in [0.25, 0.3) is 11.1 Å². The maximum atomic E-state index is 12.8. The van der Waals surface area contributed by atoms with E-state index in [2.05, 4.69) is 34.9 Å². The van der Waals surface area contributed by atoms with E-state index >= 15 is 0 Å². The molecule has 7 nitrogen and oxygen atoms in total.